The first-order valence-corrected chi connectivity index (χ1v) is 5.96. The van der Waals surface area contributed by atoms with Crippen LogP contribution in [-0.4, -0.2) is 41.5 Å². The third-order valence-corrected chi connectivity index (χ3v) is 3.27. The summed E-state index contributed by atoms with van der Waals surface area (Å²) >= 11 is 3.33. The Balaban J connectivity index is 2.13. The predicted molar refractivity (Wildman–Crippen MR) is 59.0 cm³/mol. The quantitative estimate of drug-likeness (QED) is 0.745. The molecule has 0 bridgehead atoms. The van der Waals surface area contributed by atoms with Crippen LogP contribution in [0.25, 0.3) is 0 Å². The van der Waals surface area contributed by atoms with E-state index in [1.807, 2.05) is 11.8 Å². The van der Waals surface area contributed by atoms with Gasteiger partial charge in [0.05, 0.1) is 0 Å². The Morgan fingerprint density at radius 1 is 1.46 bits per heavy atom. The van der Waals surface area contributed by atoms with Crippen molar-refractivity contribution in [2.45, 2.75) is 5.75 Å². The molecule has 0 aliphatic heterocycles. The number of hydrogen-bond donors (Lipinski definition) is 1. The molecule has 0 saturated heterocycles. The van der Waals surface area contributed by atoms with Crippen LogP contribution in [0.1, 0.15) is 5.01 Å². The molecule has 13 heavy (non-hydrogen) atoms. The van der Waals surface area contributed by atoms with Crippen LogP contribution in [0.3, 0.4) is 0 Å². The van der Waals surface area contributed by atoms with Crippen molar-refractivity contribution in [1.29, 1.82) is 0 Å². The molecular formula is C7H14N4S2. The zero-order chi connectivity index (χ0) is 9.68. The summed E-state index contributed by atoms with van der Waals surface area (Å²) in [7, 11) is 4.15. The average molecular weight is 218 g/mol. The Kier molecular flexibility index (Phi) is 4.47. The highest BCUT2D eigenvalue weighted by Crippen LogP contribution is 2.17. The van der Waals surface area contributed by atoms with Crippen LogP contribution >= 0.6 is 23.1 Å². The molecule has 0 aliphatic rings. The standard InChI is InChI=1S/C7H14N4S2/c1-11(2)3-4-12-5-6-9-10-7(8)13-6/h3-5H2,1-2H3,(H2,8,10). The van der Waals surface area contributed by atoms with Crippen molar-refractivity contribution >= 4 is 28.2 Å². The molecule has 0 unspecified atom stereocenters. The van der Waals surface area contributed by atoms with Crippen molar-refractivity contribution in [3.8, 4) is 0 Å². The van der Waals surface area contributed by atoms with Gasteiger partial charge in [0.25, 0.3) is 0 Å². The zero-order valence-corrected chi connectivity index (χ0v) is 9.49. The fourth-order valence-electron chi connectivity index (χ4n) is 0.732. The van der Waals surface area contributed by atoms with Gasteiger partial charge in [0.15, 0.2) is 0 Å². The minimum atomic E-state index is 0.559. The summed E-state index contributed by atoms with van der Waals surface area (Å²) < 4.78 is 0. The summed E-state index contributed by atoms with van der Waals surface area (Å²) in [6, 6.07) is 0. The van der Waals surface area contributed by atoms with E-state index < -0.39 is 0 Å². The van der Waals surface area contributed by atoms with E-state index in [4.69, 9.17) is 5.73 Å². The highest BCUT2D eigenvalue weighted by molar-refractivity contribution is 7.98. The SMILES string of the molecule is CN(C)CCSCc1nnc(N)s1. The molecule has 0 atom stereocenters. The molecule has 0 spiro atoms. The largest absolute Gasteiger partial charge is 0.374 e. The third-order valence-electron chi connectivity index (χ3n) is 1.39. The van der Waals surface area contributed by atoms with Crippen LogP contribution in [0, 0.1) is 0 Å². The molecule has 74 valence electrons. The minimum Gasteiger partial charge on any atom is -0.374 e. The van der Waals surface area contributed by atoms with Crippen molar-refractivity contribution in [2.75, 3.05) is 32.1 Å². The van der Waals surface area contributed by atoms with Gasteiger partial charge in [0.1, 0.15) is 5.01 Å². The van der Waals surface area contributed by atoms with E-state index in [1.54, 1.807) is 0 Å². The number of thioether (sulfide) groups is 1. The van der Waals surface area contributed by atoms with Crippen molar-refractivity contribution in [2.24, 2.45) is 0 Å². The van der Waals surface area contributed by atoms with Crippen molar-refractivity contribution < 1.29 is 0 Å². The number of nitrogens with zero attached hydrogens (tertiary/aromatic N) is 3. The lowest BCUT2D eigenvalue weighted by atomic mass is 10.7. The molecule has 6 heteroatoms. The third kappa shape index (κ3) is 4.44. The van der Waals surface area contributed by atoms with Crippen molar-refractivity contribution in [3.05, 3.63) is 5.01 Å². The number of hydrogen-bond acceptors (Lipinski definition) is 6. The summed E-state index contributed by atoms with van der Waals surface area (Å²) in [6.07, 6.45) is 0. The predicted octanol–water partition coefficient (Wildman–Crippen LogP) is 0.915. The maximum absolute atomic E-state index is 5.46. The molecule has 1 rings (SSSR count). The molecule has 1 heterocycles. The molecule has 0 amide bonds. The number of nitrogens with two attached hydrogens (primary N) is 1. The van der Waals surface area contributed by atoms with Gasteiger partial charge in [-0.2, -0.15) is 11.8 Å². The number of nitrogen functional groups attached to an aromatic ring is 1. The van der Waals surface area contributed by atoms with Crippen LogP contribution in [0.15, 0.2) is 0 Å². The lowest BCUT2D eigenvalue weighted by Crippen LogP contribution is -2.14. The van der Waals surface area contributed by atoms with Gasteiger partial charge >= 0.3 is 0 Å². The Hall–Kier alpha value is -0.330. The van der Waals surface area contributed by atoms with Gasteiger partial charge in [-0.1, -0.05) is 11.3 Å². The van der Waals surface area contributed by atoms with Gasteiger partial charge in [-0.15, -0.1) is 10.2 Å². The van der Waals surface area contributed by atoms with Gasteiger partial charge in [-0.3, -0.25) is 0 Å². The van der Waals surface area contributed by atoms with Crippen LogP contribution in [0.5, 0.6) is 0 Å². The highest BCUT2D eigenvalue weighted by atomic mass is 32.2. The van der Waals surface area contributed by atoms with Crippen LogP contribution in [0.4, 0.5) is 5.13 Å². The first-order chi connectivity index (χ1) is 6.18. The Morgan fingerprint density at radius 3 is 2.77 bits per heavy atom. The monoisotopic (exact) mass is 218 g/mol. The Morgan fingerprint density at radius 2 is 2.23 bits per heavy atom. The molecule has 0 saturated carbocycles. The van der Waals surface area contributed by atoms with Gasteiger partial charge in [-0.25, -0.2) is 0 Å². The smallest absolute Gasteiger partial charge is 0.203 e. The molecule has 1 aromatic heterocycles. The molecular weight excluding hydrogens is 204 g/mol. The van der Waals surface area contributed by atoms with E-state index in [9.17, 15) is 0 Å². The lowest BCUT2D eigenvalue weighted by molar-refractivity contribution is 0.437. The summed E-state index contributed by atoms with van der Waals surface area (Å²) in [4.78, 5) is 2.17. The molecule has 0 aliphatic carbocycles. The average Bonchev–Trinajstić information content (AvgIpc) is 2.45. The summed E-state index contributed by atoms with van der Waals surface area (Å²) in [5, 5.41) is 9.27. The highest BCUT2D eigenvalue weighted by Gasteiger charge is 2.00. The molecule has 0 aromatic carbocycles. The van der Waals surface area contributed by atoms with Crippen molar-refractivity contribution in [3.63, 3.8) is 0 Å². The number of rotatable bonds is 5. The Labute approximate surface area is 86.5 Å². The second-order valence-electron chi connectivity index (χ2n) is 2.89. The molecule has 1 aromatic rings. The number of aromatic nitrogens is 2. The minimum absolute atomic E-state index is 0.559. The van der Waals surface area contributed by atoms with Crippen LogP contribution < -0.4 is 5.73 Å². The fraction of sp³-hybridized carbons (Fsp3) is 0.714. The van der Waals surface area contributed by atoms with Gasteiger partial charge in [0.2, 0.25) is 5.13 Å². The zero-order valence-electron chi connectivity index (χ0n) is 7.86. The molecule has 2 N–H and O–H groups in total. The van der Waals surface area contributed by atoms with Gasteiger partial charge in [0, 0.05) is 18.1 Å². The second kappa shape index (κ2) is 5.41. The van der Waals surface area contributed by atoms with Gasteiger partial charge in [-0.05, 0) is 14.1 Å². The summed E-state index contributed by atoms with van der Waals surface area (Å²) in [5.74, 6) is 2.04. The maximum atomic E-state index is 5.46. The van der Waals surface area contributed by atoms with Crippen LogP contribution in [-0.2, 0) is 5.75 Å². The molecule has 0 fully saturated rings. The Bertz CT molecular complexity index is 248. The second-order valence-corrected chi connectivity index (χ2v) is 5.09. The lowest BCUT2D eigenvalue weighted by Gasteiger charge is -2.07. The van der Waals surface area contributed by atoms with Crippen LogP contribution in [0.2, 0.25) is 0 Å². The topological polar surface area (TPSA) is 55.0 Å². The molecule has 4 nitrogen and oxygen atoms in total. The normalized spacial score (nSPS) is 11.0. The molecule has 0 radical (unpaired) electrons. The van der Waals surface area contributed by atoms with E-state index in [0.717, 1.165) is 23.1 Å². The van der Waals surface area contributed by atoms with E-state index >= 15 is 0 Å². The van der Waals surface area contributed by atoms with Gasteiger partial charge < -0.3 is 10.6 Å². The fourth-order valence-corrected chi connectivity index (χ4v) is 2.49. The maximum Gasteiger partial charge on any atom is 0.203 e. The van der Waals surface area contributed by atoms with E-state index in [-0.39, 0.29) is 0 Å². The summed E-state index contributed by atoms with van der Waals surface area (Å²) in [5.41, 5.74) is 5.46. The first kappa shape index (κ1) is 10.7. The van der Waals surface area contributed by atoms with Crippen molar-refractivity contribution in [1.82, 2.24) is 15.1 Å². The first-order valence-electron chi connectivity index (χ1n) is 3.99. The summed E-state index contributed by atoms with van der Waals surface area (Å²) in [6.45, 7) is 1.10. The number of anilines is 1. The van der Waals surface area contributed by atoms with E-state index in [1.165, 1.54) is 11.3 Å². The van der Waals surface area contributed by atoms with E-state index in [2.05, 4.69) is 29.2 Å². The van der Waals surface area contributed by atoms with E-state index in [0.29, 0.717) is 5.13 Å².